The van der Waals surface area contributed by atoms with Crippen molar-refractivity contribution in [1.29, 1.82) is 5.41 Å². The lowest BCUT2D eigenvalue weighted by molar-refractivity contribution is 0.411. The summed E-state index contributed by atoms with van der Waals surface area (Å²) in [6.07, 6.45) is 0. The third-order valence-corrected chi connectivity index (χ3v) is 3.91. The van der Waals surface area contributed by atoms with E-state index in [0.29, 0.717) is 22.0 Å². The molecular formula is C15H15FN2OS. The van der Waals surface area contributed by atoms with Crippen molar-refractivity contribution in [1.82, 2.24) is 0 Å². The zero-order chi connectivity index (χ0) is 14.5. The molecule has 0 atom stereocenters. The van der Waals surface area contributed by atoms with Crippen LogP contribution in [0.3, 0.4) is 0 Å². The lowest BCUT2D eigenvalue weighted by atomic mass is 10.1. The van der Waals surface area contributed by atoms with Crippen LogP contribution in [0.4, 0.5) is 4.39 Å². The average molecular weight is 290 g/mol. The summed E-state index contributed by atoms with van der Waals surface area (Å²) in [6.45, 7) is 0. The quantitative estimate of drug-likeness (QED) is 0.504. The zero-order valence-electron chi connectivity index (χ0n) is 11.0. The normalized spacial score (nSPS) is 10.3. The lowest BCUT2D eigenvalue weighted by Gasteiger charge is -2.10. The molecule has 3 nitrogen and oxygen atoms in total. The summed E-state index contributed by atoms with van der Waals surface area (Å²) >= 11 is 1.38. The average Bonchev–Trinajstić information content (AvgIpc) is 2.46. The van der Waals surface area contributed by atoms with Crippen LogP contribution in [0.25, 0.3) is 0 Å². The van der Waals surface area contributed by atoms with E-state index in [1.165, 1.54) is 17.8 Å². The third-order valence-electron chi connectivity index (χ3n) is 2.81. The van der Waals surface area contributed by atoms with Gasteiger partial charge in [0, 0.05) is 21.8 Å². The van der Waals surface area contributed by atoms with E-state index in [0.717, 1.165) is 5.56 Å². The van der Waals surface area contributed by atoms with Gasteiger partial charge in [-0.05, 0) is 30.3 Å². The summed E-state index contributed by atoms with van der Waals surface area (Å²) in [5.74, 6) is 1.02. The molecule has 0 heterocycles. The second kappa shape index (κ2) is 6.43. The first kappa shape index (κ1) is 14.4. The highest BCUT2D eigenvalue weighted by Crippen LogP contribution is 2.30. The zero-order valence-corrected chi connectivity index (χ0v) is 11.8. The highest BCUT2D eigenvalue weighted by atomic mass is 32.2. The molecule has 104 valence electrons. The minimum atomic E-state index is -0.237. The van der Waals surface area contributed by atoms with Gasteiger partial charge in [-0.2, -0.15) is 0 Å². The molecule has 0 saturated heterocycles. The van der Waals surface area contributed by atoms with Crippen molar-refractivity contribution in [2.75, 3.05) is 7.11 Å². The van der Waals surface area contributed by atoms with Crippen LogP contribution in [0.5, 0.6) is 5.75 Å². The molecule has 0 bridgehead atoms. The van der Waals surface area contributed by atoms with E-state index in [1.807, 2.05) is 0 Å². The Bertz CT molecular complexity index is 631. The van der Waals surface area contributed by atoms with Gasteiger partial charge in [0.1, 0.15) is 17.4 Å². The van der Waals surface area contributed by atoms with Crippen LogP contribution in [0, 0.1) is 11.2 Å². The fraction of sp³-hybridized carbons (Fsp3) is 0.133. The summed E-state index contributed by atoms with van der Waals surface area (Å²) in [6, 6.07) is 11.9. The van der Waals surface area contributed by atoms with E-state index >= 15 is 0 Å². The molecular weight excluding hydrogens is 275 g/mol. The number of amidine groups is 1. The van der Waals surface area contributed by atoms with Gasteiger partial charge in [0.05, 0.1) is 7.11 Å². The Labute approximate surface area is 121 Å². The van der Waals surface area contributed by atoms with Crippen LogP contribution in [0.15, 0.2) is 47.4 Å². The van der Waals surface area contributed by atoms with Crippen molar-refractivity contribution in [3.05, 3.63) is 59.4 Å². The second-order valence-corrected chi connectivity index (χ2v) is 5.18. The molecule has 0 aliphatic rings. The number of nitrogens with one attached hydrogen (secondary N) is 1. The van der Waals surface area contributed by atoms with Crippen molar-refractivity contribution >= 4 is 17.6 Å². The molecule has 3 N–H and O–H groups in total. The molecule has 0 aliphatic heterocycles. The van der Waals surface area contributed by atoms with E-state index in [1.54, 1.807) is 43.5 Å². The number of hydrogen-bond acceptors (Lipinski definition) is 3. The molecule has 2 rings (SSSR count). The number of nitrogens with two attached hydrogens (primary N) is 1. The molecule has 0 amide bonds. The van der Waals surface area contributed by atoms with Gasteiger partial charge in [0.2, 0.25) is 0 Å². The molecule has 0 radical (unpaired) electrons. The Balaban J connectivity index is 2.22. The topological polar surface area (TPSA) is 59.1 Å². The van der Waals surface area contributed by atoms with Gasteiger partial charge in [-0.1, -0.05) is 12.1 Å². The molecule has 0 saturated carbocycles. The number of rotatable bonds is 5. The van der Waals surface area contributed by atoms with Crippen molar-refractivity contribution in [2.45, 2.75) is 10.6 Å². The number of methoxy groups -OCH3 is 1. The minimum Gasteiger partial charge on any atom is -0.496 e. The minimum absolute atomic E-state index is 0.00444. The predicted molar refractivity (Wildman–Crippen MR) is 80.0 cm³/mol. The van der Waals surface area contributed by atoms with Crippen molar-refractivity contribution in [3.63, 3.8) is 0 Å². The maximum atomic E-state index is 13.6. The van der Waals surface area contributed by atoms with Gasteiger partial charge in [0.15, 0.2) is 0 Å². The summed E-state index contributed by atoms with van der Waals surface area (Å²) < 4.78 is 18.9. The summed E-state index contributed by atoms with van der Waals surface area (Å²) in [5, 5.41) is 7.46. The SMILES string of the molecule is COc1ccc(C(=N)N)cc1CSc1ccccc1F. The summed E-state index contributed by atoms with van der Waals surface area (Å²) in [7, 11) is 1.58. The summed E-state index contributed by atoms with van der Waals surface area (Å²) in [5.41, 5.74) is 7.00. The fourth-order valence-electron chi connectivity index (χ4n) is 1.78. The van der Waals surface area contributed by atoms with Gasteiger partial charge in [-0.3, -0.25) is 5.41 Å². The Morgan fingerprint density at radius 1 is 1.30 bits per heavy atom. The number of nitrogen functional groups attached to an aromatic ring is 1. The van der Waals surface area contributed by atoms with Crippen LogP contribution in [-0.2, 0) is 5.75 Å². The van der Waals surface area contributed by atoms with Crippen LogP contribution in [-0.4, -0.2) is 12.9 Å². The molecule has 0 fully saturated rings. The van der Waals surface area contributed by atoms with Gasteiger partial charge in [-0.15, -0.1) is 11.8 Å². The standard InChI is InChI=1S/C15H15FN2OS/c1-19-13-7-6-10(15(17)18)8-11(13)9-20-14-5-3-2-4-12(14)16/h2-8H,9H2,1H3,(H3,17,18). The first-order chi connectivity index (χ1) is 9.61. The monoisotopic (exact) mass is 290 g/mol. The van der Waals surface area contributed by atoms with Crippen molar-refractivity contribution in [3.8, 4) is 5.75 Å². The van der Waals surface area contributed by atoms with E-state index in [4.69, 9.17) is 15.9 Å². The number of halogens is 1. The largest absolute Gasteiger partial charge is 0.496 e. The van der Waals surface area contributed by atoms with Gasteiger partial charge >= 0.3 is 0 Å². The Morgan fingerprint density at radius 3 is 2.70 bits per heavy atom. The van der Waals surface area contributed by atoms with Crippen LogP contribution >= 0.6 is 11.8 Å². The van der Waals surface area contributed by atoms with Crippen LogP contribution < -0.4 is 10.5 Å². The van der Waals surface area contributed by atoms with Gasteiger partial charge in [0.25, 0.3) is 0 Å². The maximum absolute atomic E-state index is 13.6. The molecule has 2 aromatic carbocycles. The van der Waals surface area contributed by atoms with Crippen molar-refractivity contribution < 1.29 is 9.13 Å². The smallest absolute Gasteiger partial charge is 0.136 e. The van der Waals surface area contributed by atoms with E-state index in [-0.39, 0.29) is 11.7 Å². The third kappa shape index (κ3) is 3.30. The second-order valence-electron chi connectivity index (χ2n) is 4.16. The molecule has 20 heavy (non-hydrogen) atoms. The van der Waals surface area contributed by atoms with Crippen LogP contribution in [0.1, 0.15) is 11.1 Å². The first-order valence-electron chi connectivity index (χ1n) is 6.00. The van der Waals surface area contributed by atoms with Gasteiger partial charge < -0.3 is 10.5 Å². The highest BCUT2D eigenvalue weighted by Gasteiger charge is 2.08. The van der Waals surface area contributed by atoms with E-state index < -0.39 is 0 Å². The Kier molecular flexibility index (Phi) is 4.63. The molecule has 0 aromatic heterocycles. The number of ether oxygens (including phenoxy) is 1. The highest BCUT2D eigenvalue weighted by molar-refractivity contribution is 7.98. The van der Waals surface area contributed by atoms with E-state index in [9.17, 15) is 4.39 Å². The molecule has 5 heteroatoms. The van der Waals surface area contributed by atoms with Crippen LogP contribution in [0.2, 0.25) is 0 Å². The number of benzene rings is 2. The number of hydrogen-bond donors (Lipinski definition) is 2. The van der Waals surface area contributed by atoms with Crippen molar-refractivity contribution in [2.24, 2.45) is 5.73 Å². The Morgan fingerprint density at radius 2 is 2.05 bits per heavy atom. The number of thioether (sulfide) groups is 1. The molecule has 0 unspecified atom stereocenters. The molecule has 0 spiro atoms. The van der Waals surface area contributed by atoms with Gasteiger partial charge in [-0.25, -0.2) is 4.39 Å². The van der Waals surface area contributed by atoms with E-state index in [2.05, 4.69) is 0 Å². The first-order valence-corrected chi connectivity index (χ1v) is 6.99. The maximum Gasteiger partial charge on any atom is 0.136 e. The fourth-order valence-corrected chi connectivity index (χ4v) is 2.69. The Hall–Kier alpha value is -2.01. The summed E-state index contributed by atoms with van der Waals surface area (Å²) in [4.78, 5) is 0.586. The lowest BCUT2D eigenvalue weighted by Crippen LogP contribution is -2.11. The molecule has 0 aliphatic carbocycles. The molecule has 2 aromatic rings. The predicted octanol–water partition coefficient (Wildman–Crippen LogP) is 3.41.